The summed E-state index contributed by atoms with van der Waals surface area (Å²) in [4.78, 5) is 18.2. The van der Waals surface area contributed by atoms with Gasteiger partial charge < -0.3 is 14.4 Å². The van der Waals surface area contributed by atoms with Gasteiger partial charge in [-0.15, -0.1) is 6.58 Å². The Morgan fingerprint density at radius 2 is 2.28 bits per heavy atom. The lowest BCUT2D eigenvalue weighted by atomic mass is 10.2. The second-order valence-corrected chi connectivity index (χ2v) is 6.53. The molecule has 0 radical (unpaired) electrons. The van der Waals surface area contributed by atoms with E-state index in [4.69, 9.17) is 9.47 Å². The van der Waals surface area contributed by atoms with Crippen LogP contribution in [0.5, 0.6) is 0 Å². The first-order valence-corrected chi connectivity index (χ1v) is 9.11. The van der Waals surface area contributed by atoms with Crippen molar-refractivity contribution in [3.8, 4) is 0 Å². The summed E-state index contributed by atoms with van der Waals surface area (Å²) in [6.45, 7) is 4.57. The van der Waals surface area contributed by atoms with Gasteiger partial charge >= 0.3 is 6.09 Å². The smallest absolute Gasteiger partial charge is 0.410 e. The predicted octanol–water partition coefficient (Wildman–Crippen LogP) is 3.17. The van der Waals surface area contributed by atoms with Crippen LogP contribution in [0.4, 0.5) is 19.3 Å². The zero-order valence-corrected chi connectivity index (χ0v) is 16.1. The van der Waals surface area contributed by atoms with Gasteiger partial charge in [0.1, 0.15) is 18.4 Å². The molecule has 7 nitrogen and oxygen atoms in total. The molecule has 1 saturated heterocycles. The maximum Gasteiger partial charge on any atom is 0.410 e. The molecule has 1 aromatic heterocycles. The molecule has 1 amide bonds. The first kappa shape index (κ1) is 20.7. The van der Waals surface area contributed by atoms with Crippen molar-refractivity contribution in [3.05, 3.63) is 59.9 Å². The van der Waals surface area contributed by atoms with Crippen molar-refractivity contribution in [2.75, 3.05) is 19.7 Å². The number of rotatable bonds is 6. The maximum absolute atomic E-state index is 13.2. The van der Waals surface area contributed by atoms with Gasteiger partial charge in [-0.2, -0.15) is 5.10 Å². The summed E-state index contributed by atoms with van der Waals surface area (Å²) in [5.41, 5.74) is 2.01. The highest BCUT2D eigenvalue weighted by Gasteiger charge is 2.24. The van der Waals surface area contributed by atoms with Crippen LogP contribution in [-0.4, -0.2) is 52.8 Å². The molecule has 0 unspecified atom stereocenters. The van der Waals surface area contributed by atoms with Gasteiger partial charge in [0.25, 0.3) is 0 Å². The van der Waals surface area contributed by atoms with Crippen LogP contribution in [0, 0.1) is 11.6 Å². The van der Waals surface area contributed by atoms with Gasteiger partial charge in [-0.3, -0.25) is 9.67 Å². The number of nitrogens with zero attached hydrogens (tertiary/aromatic N) is 4. The average molecular weight is 404 g/mol. The number of aromatic nitrogens is 2. The number of carbonyl (C=O) groups excluding carboxylic acids is 1. The number of hydrogen-bond donors (Lipinski definition) is 0. The van der Waals surface area contributed by atoms with E-state index in [-0.39, 0.29) is 13.2 Å². The van der Waals surface area contributed by atoms with Gasteiger partial charge in [0.05, 0.1) is 25.0 Å². The van der Waals surface area contributed by atoms with E-state index in [1.807, 2.05) is 7.05 Å². The van der Waals surface area contributed by atoms with E-state index in [0.29, 0.717) is 30.8 Å². The molecule has 9 heteroatoms. The van der Waals surface area contributed by atoms with Crippen LogP contribution in [0.15, 0.2) is 42.0 Å². The van der Waals surface area contributed by atoms with E-state index in [1.165, 1.54) is 11.0 Å². The number of benzene rings is 1. The molecule has 0 spiro atoms. The van der Waals surface area contributed by atoms with Gasteiger partial charge in [0.2, 0.25) is 0 Å². The summed E-state index contributed by atoms with van der Waals surface area (Å²) in [7, 11) is 1.83. The summed E-state index contributed by atoms with van der Waals surface area (Å²) in [6, 6.07) is 3.38. The third kappa shape index (κ3) is 5.26. The second-order valence-electron chi connectivity index (χ2n) is 6.53. The molecule has 154 valence electrons. The lowest BCUT2D eigenvalue weighted by Crippen LogP contribution is -2.46. The van der Waals surface area contributed by atoms with Gasteiger partial charge in [0, 0.05) is 26.2 Å². The number of amides is 1. The van der Waals surface area contributed by atoms with E-state index in [1.54, 1.807) is 23.2 Å². The quantitative estimate of drug-likeness (QED) is 0.548. The third-order valence-corrected chi connectivity index (χ3v) is 4.46. The minimum atomic E-state index is -0.979. The number of aryl methyl sites for hydroxylation is 1. The number of allylic oxidation sites excluding steroid dienone is 1. The number of halogens is 2. The van der Waals surface area contributed by atoms with Crippen LogP contribution >= 0.6 is 0 Å². The van der Waals surface area contributed by atoms with Crippen LogP contribution in [0.25, 0.3) is 0 Å². The Balaban J connectivity index is 1.56. The largest absolute Gasteiger partial charge is 0.445 e. The zero-order valence-electron chi connectivity index (χ0n) is 16.1. The Kier molecular flexibility index (Phi) is 6.71. The highest BCUT2D eigenvalue weighted by atomic mass is 19.2. The lowest BCUT2D eigenvalue weighted by Gasteiger charge is -2.30. The van der Waals surface area contributed by atoms with Crippen molar-refractivity contribution in [1.82, 2.24) is 14.7 Å². The van der Waals surface area contributed by atoms with Crippen molar-refractivity contribution < 1.29 is 23.0 Å². The van der Waals surface area contributed by atoms with Crippen LogP contribution in [0.2, 0.25) is 0 Å². The van der Waals surface area contributed by atoms with Crippen molar-refractivity contribution in [3.63, 3.8) is 0 Å². The highest BCUT2D eigenvalue weighted by Crippen LogP contribution is 2.19. The van der Waals surface area contributed by atoms with Gasteiger partial charge in [-0.05, 0) is 17.7 Å². The Labute approximate surface area is 167 Å². The van der Waals surface area contributed by atoms with E-state index in [0.717, 1.165) is 17.8 Å². The molecule has 1 aliphatic heterocycles. The van der Waals surface area contributed by atoms with Crippen LogP contribution in [-0.2, 0) is 29.5 Å². The molecule has 0 bridgehead atoms. The van der Waals surface area contributed by atoms with Crippen molar-refractivity contribution in [2.24, 2.45) is 12.0 Å². The van der Waals surface area contributed by atoms with E-state index < -0.39 is 23.8 Å². The molecular formula is C20H22F2N4O3. The standard InChI is InChI=1S/C20H22F2N4O3/c1-3-4-19-18(11-24-25(19)2)23-10-15-12-26(7-8-28-15)20(27)29-13-14-5-6-16(21)17(22)9-14/h3,5-6,9-11,15H,1,4,7-8,12-13H2,2H3/t15-/m1/s1. The fourth-order valence-corrected chi connectivity index (χ4v) is 2.89. The number of carbonyl (C=O) groups is 1. The molecule has 0 saturated carbocycles. The van der Waals surface area contributed by atoms with E-state index in [9.17, 15) is 13.6 Å². The fraction of sp³-hybridized carbons (Fsp3) is 0.350. The molecule has 0 aliphatic carbocycles. The second kappa shape index (κ2) is 9.42. The molecule has 0 N–H and O–H groups in total. The molecule has 1 fully saturated rings. The normalized spacial score (nSPS) is 16.9. The maximum atomic E-state index is 13.2. The monoisotopic (exact) mass is 404 g/mol. The van der Waals surface area contributed by atoms with Gasteiger partial charge in [-0.25, -0.2) is 13.6 Å². The molecule has 2 heterocycles. The molecule has 3 rings (SSSR count). The first-order valence-electron chi connectivity index (χ1n) is 9.11. The van der Waals surface area contributed by atoms with E-state index >= 15 is 0 Å². The summed E-state index contributed by atoms with van der Waals surface area (Å²) in [5, 5.41) is 4.19. The number of morpholine rings is 1. The van der Waals surface area contributed by atoms with Gasteiger partial charge in [0.15, 0.2) is 11.6 Å². The van der Waals surface area contributed by atoms with Crippen LogP contribution in [0.3, 0.4) is 0 Å². The highest BCUT2D eigenvalue weighted by molar-refractivity contribution is 5.72. The van der Waals surface area contributed by atoms with E-state index in [2.05, 4.69) is 16.7 Å². The molecular weight excluding hydrogens is 382 g/mol. The van der Waals surface area contributed by atoms with Crippen molar-refractivity contribution in [2.45, 2.75) is 19.1 Å². The third-order valence-electron chi connectivity index (χ3n) is 4.46. The lowest BCUT2D eigenvalue weighted by molar-refractivity contribution is 0.00328. The SMILES string of the molecule is C=CCc1c(N=C[C@@H]2CN(C(=O)OCc3ccc(F)c(F)c3)CCO2)cnn1C. The molecule has 1 aliphatic rings. The summed E-state index contributed by atoms with van der Waals surface area (Å²) in [5.74, 6) is -1.92. The van der Waals surface area contributed by atoms with Crippen LogP contribution < -0.4 is 0 Å². The molecule has 29 heavy (non-hydrogen) atoms. The number of ether oxygens (including phenoxy) is 2. The molecule has 1 aromatic carbocycles. The molecule has 2 aromatic rings. The number of hydrogen-bond acceptors (Lipinski definition) is 5. The first-order chi connectivity index (χ1) is 14.0. The Bertz CT molecular complexity index is 913. The van der Waals surface area contributed by atoms with Crippen LogP contribution in [0.1, 0.15) is 11.3 Å². The molecule has 1 atom stereocenters. The summed E-state index contributed by atoms with van der Waals surface area (Å²) < 4.78 is 38.8. The average Bonchev–Trinajstić information content (AvgIpc) is 3.07. The number of aliphatic imine (C=N–C) groups is 1. The Morgan fingerprint density at radius 1 is 1.45 bits per heavy atom. The summed E-state index contributed by atoms with van der Waals surface area (Å²) >= 11 is 0. The minimum absolute atomic E-state index is 0.146. The fourth-order valence-electron chi connectivity index (χ4n) is 2.89. The minimum Gasteiger partial charge on any atom is -0.445 e. The summed E-state index contributed by atoms with van der Waals surface area (Å²) in [6.07, 6.45) is 4.76. The van der Waals surface area contributed by atoms with Crippen molar-refractivity contribution >= 4 is 18.0 Å². The predicted molar refractivity (Wildman–Crippen MR) is 103 cm³/mol. The topological polar surface area (TPSA) is 69.0 Å². The Morgan fingerprint density at radius 3 is 3.03 bits per heavy atom. The zero-order chi connectivity index (χ0) is 20.8. The van der Waals surface area contributed by atoms with Gasteiger partial charge in [-0.1, -0.05) is 12.1 Å². The van der Waals surface area contributed by atoms with Crippen molar-refractivity contribution in [1.29, 1.82) is 0 Å². The Hall–Kier alpha value is -3.07.